The lowest BCUT2D eigenvalue weighted by atomic mass is 10.0. The Balaban J connectivity index is 2.15. The quantitative estimate of drug-likeness (QED) is 0.760. The predicted octanol–water partition coefficient (Wildman–Crippen LogP) is 3.10. The Morgan fingerprint density at radius 3 is 2.63 bits per heavy atom. The van der Waals surface area contributed by atoms with E-state index in [1.165, 1.54) is 0 Å². The van der Waals surface area contributed by atoms with Crippen LogP contribution >= 0.6 is 0 Å². The van der Waals surface area contributed by atoms with Crippen LogP contribution in [0.15, 0.2) is 48.7 Å². The second-order valence-electron chi connectivity index (χ2n) is 4.56. The minimum absolute atomic E-state index is 0.0615. The van der Waals surface area contributed by atoms with Crippen LogP contribution in [0.2, 0.25) is 0 Å². The third-order valence-electron chi connectivity index (χ3n) is 3.19. The molecule has 0 bridgehead atoms. The molecule has 0 unspecified atom stereocenters. The van der Waals surface area contributed by atoms with Crippen molar-refractivity contribution in [3.05, 3.63) is 59.8 Å². The molecule has 0 spiro atoms. The predicted molar refractivity (Wildman–Crippen MR) is 75.6 cm³/mol. The largest absolute Gasteiger partial charge is 0.392 e. The highest BCUT2D eigenvalue weighted by Gasteiger charge is 2.06. The molecule has 19 heavy (non-hydrogen) atoms. The lowest BCUT2D eigenvalue weighted by Crippen LogP contribution is -1.92. The summed E-state index contributed by atoms with van der Waals surface area (Å²) < 4.78 is 0. The summed E-state index contributed by atoms with van der Waals surface area (Å²) in [6, 6.07) is 13.8. The molecule has 3 nitrogen and oxygen atoms in total. The average molecular weight is 250 g/mol. The van der Waals surface area contributed by atoms with Gasteiger partial charge in [0.05, 0.1) is 12.3 Å². The first-order valence-corrected chi connectivity index (χ1v) is 6.20. The van der Waals surface area contributed by atoms with E-state index in [0.717, 1.165) is 33.4 Å². The third-order valence-corrected chi connectivity index (χ3v) is 3.19. The number of aryl methyl sites for hydroxylation is 1. The van der Waals surface area contributed by atoms with Crippen molar-refractivity contribution in [1.82, 2.24) is 9.97 Å². The van der Waals surface area contributed by atoms with Gasteiger partial charge in [0.15, 0.2) is 5.65 Å². The van der Waals surface area contributed by atoms with Crippen molar-refractivity contribution in [3.8, 4) is 11.3 Å². The summed E-state index contributed by atoms with van der Waals surface area (Å²) >= 11 is 0. The molecular weight excluding hydrogens is 236 g/mol. The maximum absolute atomic E-state index is 9.07. The van der Waals surface area contributed by atoms with Crippen LogP contribution < -0.4 is 0 Å². The van der Waals surface area contributed by atoms with Gasteiger partial charge < -0.3 is 5.11 Å². The van der Waals surface area contributed by atoms with E-state index >= 15 is 0 Å². The van der Waals surface area contributed by atoms with Gasteiger partial charge >= 0.3 is 0 Å². The fraction of sp³-hybridized carbons (Fsp3) is 0.125. The molecule has 0 saturated heterocycles. The molecule has 3 rings (SSSR count). The number of fused-ring (bicyclic) bond motifs is 1. The Bertz CT molecular complexity index is 720. The molecule has 0 aliphatic heterocycles. The monoisotopic (exact) mass is 250 g/mol. The lowest BCUT2D eigenvalue weighted by molar-refractivity contribution is 0.282. The molecule has 0 atom stereocenters. The van der Waals surface area contributed by atoms with Crippen LogP contribution in [-0.4, -0.2) is 15.1 Å². The van der Waals surface area contributed by atoms with Gasteiger partial charge in [0, 0.05) is 17.1 Å². The van der Waals surface area contributed by atoms with Crippen molar-refractivity contribution in [2.24, 2.45) is 0 Å². The van der Waals surface area contributed by atoms with Crippen molar-refractivity contribution >= 4 is 11.0 Å². The van der Waals surface area contributed by atoms with E-state index in [1.54, 1.807) is 6.20 Å². The van der Waals surface area contributed by atoms with E-state index in [-0.39, 0.29) is 6.61 Å². The van der Waals surface area contributed by atoms with Crippen LogP contribution in [0.1, 0.15) is 11.1 Å². The Hall–Kier alpha value is -2.26. The molecule has 1 N–H and O–H groups in total. The molecule has 2 aromatic heterocycles. The molecule has 3 heteroatoms. The number of aliphatic hydroxyl groups is 1. The Labute approximate surface area is 111 Å². The van der Waals surface area contributed by atoms with Crippen LogP contribution in [-0.2, 0) is 6.61 Å². The van der Waals surface area contributed by atoms with Crippen LogP contribution in [0.4, 0.5) is 0 Å². The summed E-state index contributed by atoms with van der Waals surface area (Å²) in [4.78, 5) is 8.92. The highest BCUT2D eigenvalue weighted by Crippen LogP contribution is 2.24. The fourth-order valence-electron chi connectivity index (χ4n) is 2.17. The molecule has 0 aliphatic carbocycles. The minimum Gasteiger partial charge on any atom is -0.392 e. The minimum atomic E-state index is 0.0615. The first-order chi connectivity index (χ1) is 9.28. The summed E-state index contributed by atoms with van der Waals surface area (Å²) in [6.45, 7) is 2.11. The number of aliphatic hydroxyl groups excluding tert-OH is 1. The zero-order valence-electron chi connectivity index (χ0n) is 10.7. The molecule has 1 aromatic carbocycles. The second-order valence-corrected chi connectivity index (χ2v) is 4.56. The molecule has 0 radical (unpaired) electrons. The van der Waals surface area contributed by atoms with Gasteiger partial charge in [-0.25, -0.2) is 9.97 Å². The van der Waals surface area contributed by atoms with E-state index < -0.39 is 0 Å². The zero-order chi connectivity index (χ0) is 13.2. The summed E-state index contributed by atoms with van der Waals surface area (Å²) in [5.74, 6) is 0. The van der Waals surface area contributed by atoms with Crippen LogP contribution in [0.5, 0.6) is 0 Å². The van der Waals surface area contributed by atoms with E-state index in [4.69, 9.17) is 5.11 Å². The number of rotatable bonds is 2. The fourth-order valence-corrected chi connectivity index (χ4v) is 2.17. The Morgan fingerprint density at radius 2 is 1.89 bits per heavy atom. The van der Waals surface area contributed by atoms with Gasteiger partial charge in [0.25, 0.3) is 0 Å². The van der Waals surface area contributed by atoms with Crippen molar-refractivity contribution in [1.29, 1.82) is 0 Å². The Morgan fingerprint density at radius 1 is 1.11 bits per heavy atom. The SMILES string of the molecule is Cc1cc2cccnc2nc1-c1ccc(CO)cc1. The summed E-state index contributed by atoms with van der Waals surface area (Å²) in [7, 11) is 0. The first kappa shape index (κ1) is 11.8. The van der Waals surface area contributed by atoms with Crippen molar-refractivity contribution < 1.29 is 5.11 Å². The molecular formula is C16H14N2O. The van der Waals surface area contributed by atoms with Crippen molar-refractivity contribution in [2.75, 3.05) is 0 Å². The van der Waals surface area contributed by atoms with Crippen molar-refractivity contribution in [2.45, 2.75) is 13.5 Å². The molecule has 2 heterocycles. The first-order valence-electron chi connectivity index (χ1n) is 6.20. The molecule has 0 amide bonds. The average Bonchev–Trinajstić information content (AvgIpc) is 2.47. The number of benzene rings is 1. The molecule has 0 saturated carbocycles. The van der Waals surface area contributed by atoms with Gasteiger partial charge in [-0.2, -0.15) is 0 Å². The molecule has 0 fully saturated rings. The smallest absolute Gasteiger partial charge is 0.159 e. The zero-order valence-corrected chi connectivity index (χ0v) is 10.7. The standard InChI is InChI=1S/C16H14N2O/c1-11-9-14-3-2-8-17-16(14)18-15(11)13-6-4-12(10-19)5-7-13/h2-9,19H,10H2,1H3. The van der Waals surface area contributed by atoms with E-state index in [2.05, 4.69) is 23.0 Å². The lowest BCUT2D eigenvalue weighted by Gasteiger charge is -2.07. The number of pyridine rings is 2. The highest BCUT2D eigenvalue weighted by atomic mass is 16.3. The van der Waals surface area contributed by atoms with Gasteiger partial charge in [-0.15, -0.1) is 0 Å². The van der Waals surface area contributed by atoms with Crippen LogP contribution in [0.25, 0.3) is 22.3 Å². The number of aromatic nitrogens is 2. The van der Waals surface area contributed by atoms with Crippen LogP contribution in [0.3, 0.4) is 0 Å². The number of nitrogens with zero attached hydrogens (tertiary/aromatic N) is 2. The van der Waals surface area contributed by atoms with Gasteiger partial charge in [-0.1, -0.05) is 24.3 Å². The third kappa shape index (κ3) is 2.20. The van der Waals surface area contributed by atoms with Crippen LogP contribution in [0, 0.1) is 6.92 Å². The van der Waals surface area contributed by atoms with E-state index in [9.17, 15) is 0 Å². The second kappa shape index (κ2) is 4.78. The van der Waals surface area contributed by atoms with Gasteiger partial charge in [-0.05, 0) is 36.2 Å². The van der Waals surface area contributed by atoms with Gasteiger partial charge in [0.2, 0.25) is 0 Å². The number of hydrogen-bond donors (Lipinski definition) is 1. The summed E-state index contributed by atoms with van der Waals surface area (Å²) in [6.07, 6.45) is 1.75. The number of hydrogen-bond acceptors (Lipinski definition) is 3. The molecule has 94 valence electrons. The molecule has 0 aliphatic rings. The van der Waals surface area contributed by atoms with Gasteiger partial charge in [0.1, 0.15) is 0 Å². The Kier molecular flexibility index (Phi) is 2.97. The topological polar surface area (TPSA) is 46.0 Å². The van der Waals surface area contributed by atoms with E-state index in [1.807, 2.05) is 36.4 Å². The summed E-state index contributed by atoms with van der Waals surface area (Å²) in [5.41, 5.74) is 4.77. The summed E-state index contributed by atoms with van der Waals surface area (Å²) in [5, 5.41) is 10.1. The van der Waals surface area contributed by atoms with E-state index in [0.29, 0.717) is 0 Å². The highest BCUT2D eigenvalue weighted by molar-refractivity contribution is 5.80. The normalized spacial score (nSPS) is 10.8. The van der Waals surface area contributed by atoms with Gasteiger partial charge in [-0.3, -0.25) is 0 Å². The maximum atomic E-state index is 9.07. The molecule has 3 aromatic rings. The maximum Gasteiger partial charge on any atom is 0.159 e. The van der Waals surface area contributed by atoms with Crippen molar-refractivity contribution in [3.63, 3.8) is 0 Å².